The smallest absolute Gasteiger partial charge is 0.159 e. The highest BCUT2D eigenvalue weighted by Crippen LogP contribution is 2.24. The van der Waals surface area contributed by atoms with Crippen LogP contribution in [0.1, 0.15) is 36.6 Å². The molecule has 1 atom stereocenters. The summed E-state index contributed by atoms with van der Waals surface area (Å²) in [6, 6.07) is 3.90. The lowest BCUT2D eigenvalue weighted by molar-refractivity contribution is 0.285. The van der Waals surface area contributed by atoms with Crippen LogP contribution in [0.5, 0.6) is 0 Å². The number of alkyl halides is 1. The SMILES string of the molecule is Fc1ccc(C(Cl)CN2CCCCCC2)cc1F. The first-order valence-corrected chi connectivity index (χ1v) is 6.92. The van der Waals surface area contributed by atoms with Crippen molar-refractivity contribution in [3.8, 4) is 0 Å². The minimum Gasteiger partial charge on any atom is -0.302 e. The molecule has 1 unspecified atom stereocenters. The van der Waals surface area contributed by atoms with Gasteiger partial charge in [0.05, 0.1) is 5.38 Å². The van der Waals surface area contributed by atoms with Crippen LogP contribution in [-0.4, -0.2) is 24.5 Å². The number of rotatable bonds is 3. The molecule has 1 aromatic carbocycles. The summed E-state index contributed by atoms with van der Waals surface area (Å²) in [6.07, 6.45) is 4.94. The molecule has 18 heavy (non-hydrogen) atoms. The van der Waals surface area contributed by atoms with E-state index in [1.165, 1.54) is 31.7 Å². The van der Waals surface area contributed by atoms with Gasteiger partial charge in [0.1, 0.15) is 0 Å². The highest BCUT2D eigenvalue weighted by molar-refractivity contribution is 6.21. The molecule has 1 fully saturated rings. The van der Waals surface area contributed by atoms with E-state index in [2.05, 4.69) is 4.90 Å². The van der Waals surface area contributed by atoms with Gasteiger partial charge >= 0.3 is 0 Å². The van der Waals surface area contributed by atoms with Gasteiger partial charge in [0.25, 0.3) is 0 Å². The Balaban J connectivity index is 1.97. The zero-order valence-electron chi connectivity index (χ0n) is 10.3. The molecule has 100 valence electrons. The minimum atomic E-state index is -0.825. The van der Waals surface area contributed by atoms with Gasteiger partial charge < -0.3 is 4.90 Å². The number of nitrogens with zero attached hydrogens (tertiary/aromatic N) is 1. The third-order valence-corrected chi connectivity index (χ3v) is 3.81. The van der Waals surface area contributed by atoms with E-state index >= 15 is 0 Å². The van der Waals surface area contributed by atoms with Crippen molar-refractivity contribution in [2.24, 2.45) is 0 Å². The van der Waals surface area contributed by atoms with Crippen molar-refractivity contribution >= 4 is 11.6 Å². The average molecular weight is 274 g/mol. The normalized spacial score (nSPS) is 19.5. The van der Waals surface area contributed by atoms with Crippen LogP contribution >= 0.6 is 11.6 Å². The number of likely N-dealkylation sites (tertiary alicyclic amines) is 1. The fourth-order valence-corrected chi connectivity index (χ4v) is 2.69. The summed E-state index contributed by atoms with van der Waals surface area (Å²) in [5.74, 6) is -1.65. The number of benzene rings is 1. The van der Waals surface area contributed by atoms with E-state index in [9.17, 15) is 8.78 Å². The summed E-state index contributed by atoms with van der Waals surface area (Å²) in [5, 5.41) is -0.279. The van der Waals surface area contributed by atoms with Gasteiger partial charge in [0, 0.05) is 6.54 Å². The molecule has 1 saturated heterocycles. The highest BCUT2D eigenvalue weighted by atomic mass is 35.5. The van der Waals surface area contributed by atoms with Crippen molar-refractivity contribution in [3.63, 3.8) is 0 Å². The van der Waals surface area contributed by atoms with Crippen LogP contribution in [0.4, 0.5) is 8.78 Å². The molecule has 1 aliphatic rings. The van der Waals surface area contributed by atoms with E-state index in [0.29, 0.717) is 12.1 Å². The molecule has 1 aromatic rings. The van der Waals surface area contributed by atoms with Crippen LogP contribution in [0.2, 0.25) is 0 Å². The predicted molar refractivity (Wildman–Crippen MR) is 69.9 cm³/mol. The van der Waals surface area contributed by atoms with Crippen LogP contribution < -0.4 is 0 Å². The van der Waals surface area contributed by atoms with Crippen molar-refractivity contribution in [2.75, 3.05) is 19.6 Å². The van der Waals surface area contributed by atoms with Crippen molar-refractivity contribution in [1.82, 2.24) is 4.90 Å². The summed E-state index contributed by atoms with van der Waals surface area (Å²) in [7, 11) is 0. The van der Waals surface area contributed by atoms with Crippen molar-refractivity contribution in [2.45, 2.75) is 31.1 Å². The van der Waals surface area contributed by atoms with Crippen LogP contribution in [0.3, 0.4) is 0 Å². The molecule has 0 saturated carbocycles. The van der Waals surface area contributed by atoms with Crippen LogP contribution in [-0.2, 0) is 0 Å². The number of hydrogen-bond acceptors (Lipinski definition) is 1. The lowest BCUT2D eigenvalue weighted by Crippen LogP contribution is -2.28. The summed E-state index contributed by atoms with van der Waals surface area (Å²) in [4.78, 5) is 2.31. The molecule has 0 bridgehead atoms. The van der Waals surface area contributed by atoms with Crippen LogP contribution in [0.25, 0.3) is 0 Å². The largest absolute Gasteiger partial charge is 0.302 e. The standard InChI is InChI=1S/C14H18ClF2N/c15-12(10-18-7-3-1-2-4-8-18)11-5-6-13(16)14(17)9-11/h5-6,9,12H,1-4,7-8,10H2. The molecule has 0 aromatic heterocycles. The Morgan fingerprint density at radius 3 is 2.33 bits per heavy atom. The lowest BCUT2D eigenvalue weighted by Gasteiger charge is -2.23. The van der Waals surface area contributed by atoms with Gasteiger partial charge in [-0.05, 0) is 43.6 Å². The zero-order valence-corrected chi connectivity index (χ0v) is 11.1. The second-order valence-corrected chi connectivity index (χ2v) is 5.38. The molecule has 1 nitrogen and oxygen atoms in total. The molecular formula is C14H18ClF2N. The molecule has 0 N–H and O–H groups in total. The second-order valence-electron chi connectivity index (χ2n) is 4.86. The Hall–Kier alpha value is -0.670. The van der Waals surface area contributed by atoms with Gasteiger partial charge in [-0.1, -0.05) is 18.9 Å². The van der Waals surface area contributed by atoms with E-state index in [1.807, 2.05) is 0 Å². The van der Waals surface area contributed by atoms with E-state index in [0.717, 1.165) is 19.2 Å². The summed E-state index contributed by atoms with van der Waals surface area (Å²) in [6.45, 7) is 2.80. The van der Waals surface area contributed by atoms with E-state index < -0.39 is 11.6 Å². The second kappa shape index (κ2) is 6.48. The summed E-state index contributed by atoms with van der Waals surface area (Å²) in [5.41, 5.74) is 0.653. The minimum absolute atomic E-state index is 0.279. The first kappa shape index (κ1) is 13.8. The quantitative estimate of drug-likeness (QED) is 0.749. The molecule has 0 amide bonds. The molecule has 0 spiro atoms. The Labute approximate surface area is 112 Å². The van der Waals surface area contributed by atoms with E-state index in [1.54, 1.807) is 6.07 Å². The maximum absolute atomic E-state index is 13.1. The Kier molecular flexibility index (Phi) is 4.95. The molecule has 1 aliphatic heterocycles. The average Bonchev–Trinajstić information content (AvgIpc) is 2.61. The fraction of sp³-hybridized carbons (Fsp3) is 0.571. The number of hydrogen-bond donors (Lipinski definition) is 0. The molecule has 2 rings (SSSR count). The van der Waals surface area contributed by atoms with Crippen LogP contribution in [0.15, 0.2) is 18.2 Å². The van der Waals surface area contributed by atoms with Crippen molar-refractivity contribution in [3.05, 3.63) is 35.4 Å². The maximum Gasteiger partial charge on any atom is 0.159 e. The Bertz CT molecular complexity index is 389. The zero-order chi connectivity index (χ0) is 13.0. The van der Waals surface area contributed by atoms with Crippen molar-refractivity contribution in [1.29, 1.82) is 0 Å². The summed E-state index contributed by atoms with van der Waals surface area (Å²) < 4.78 is 26.0. The van der Waals surface area contributed by atoms with Gasteiger partial charge in [-0.15, -0.1) is 11.6 Å². The van der Waals surface area contributed by atoms with Gasteiger partial charge in [-0.3, -0.25) is 0 Å². The van der Waals surface area contributed by atoms with Gasteiger partial charge in [-0.25, -0.2) is 8.78 Å². The predicted octanol–water partition coefficient (Wildman–Crippen LogP) is 4.12. The van der Waals surface area contributed by atoms with E-state index in [4.69, 9.17) is 11.6 Å². The third kappa shape index (κ3) is 3.66. The lowest BCUT2D eigenvalue weighted by atomic mass is 10.1. The first-order valence-electron chi connectivity index (χ1n) is 6.48. The monoisotopic (exact) mass is 273 g/mol. The van der Waals surface area contributed by atoms with Crippen molar-refractivity contribution < 1.29 is 8.78 Å². The molecule has 1 heterocycles. The molecular weight excluding hydrogens is 256 g/mol. The van der Waals surface area contributed by atoms with Crippen LogP contribution in [0, 0.1) is 11.6 Å². The fourth-order valence-electron chi connectivity index (χ4n) is 2.36. The Morgan fingerprint density at radius 2 is 1.72 bits per heavy atom. The third-order valence-electron chi connectivity index (χ3n) is 3.42. The topological polar surface area (TPSA) is 3.24 Å². The van der Waals surface area contributed by atoms with Gasteiger partial charge in [-0.2, -0.15) is 0 Å². The first-order chi connectivity index (χ1) is 8.66. The Morgan fingerprint density at radius 1 is 1.06 bits per heavy atom. The summed E-state index contributed by atoms with van der Waals surface area (Å²) >= 11 is 6.29. The van der Waals surface area contributed by atoms with E-state index in [-0.39, 0.29) is 5.38 Å². The molecule has 0 radical (unpaired) electrons. The number of halogens is 3. The van der Waals surface area contributed by atoms with Gasteiger partial charge in [0.15, 0.2) is 11.6 Å². The highest BCUT2D eigenvalue weighted by Gasteiger charge is 2.16. The van der Waals surface area contributed by atoms with Gasteiger partial charge in [0.2, 0.25) is 0 Å². The maximum atomic E-state index is 13.1. The molecule has 0 aliphatic carbocycles. The molecule has 4 heteroatoms.